The molecule has 2 fully saturated rings. The van der Waals surface area contributed by atoms with Gasteiger partial charge in [-0.3, -0.25) is 4.99 Å². The third kappa shape index (κ3) is 3.03. The number of nitrogens with zero attached hydrogens (tertiary/aromatic N) is 2. The molecule has 1 aromatic rings. The fraction of sp³-hybridized carbons (Fsp3) is 0.824. The van der Waals surface area contributed by atoms with Gasteiger partial charge in [-0.15, -0.1) is 11.3 Å². The summed E-state index contributed by atoms with van der Waals surface area (Å²) in [4.78, 5) is 7.94. The van der Waals surface area contributed by atoms with Gasteiger partial charge in [-0.1, -0.05) is 38.5 Å². The molecule has 112 valence electrons. The van der Waals surface area contributed by atoms with Crippen LogP contribution in [0.15, 0.2) is 4.99 Å². The summed E-state index contributed by atoms with van der Waals surface area (Å²) in [7, 11) is 0. The molecule has 3 rings (SSSR count). The SMILES string of the molecule is Cc1sc(=NC2CCCCC2)n(C2CCCCC2)c1C. The molecule has 0 saturated heterocycles. The zero-order chi connectivity index (χ0) is 13.9. The van der Waals surface area contributed by atoms with Crippen LogP contribution in [-0.2, 0) is 0 Å². The third-order valence-corrected chi connectivity index (χ3v) is 6.22. The highest BCUT2D eigenvalue weighted by atomic mass is 32.1. The Morgan fingerprint density at radius 2 is 1.50 bits per heavy atom. The second kappa shape index (κ2) is 6.46. The molecular weight excluding hydrogens is 264 g/mol. The molecular formula is C17H28N2S. The first-order chi connectivity index (χ1) is 9.75. The molecule has 0 amide bonds. The Kier molecular flexibility index (Phi) is 4.65. The van der Waals surface area contributed by atoms with E-state index < -0.39 is 0 Å². The molecule has 0 aromatic carbocycles. The normalized spacial score (nSPS) is 23.4. The average molecular weight is 292 g/mol. The minimum Gasteiger partial charge on any atom is -0.318 e. The van der Waals surface area contributed by atoms with E-state index in [1.54, 1.807) is 0 Å². The van der Waals surface area contributed by atoms with Crippen LogP contribution in [0, 0.1) is 13.8 Å². The van der Waals surface area contributed by atoms with Crippen molar-refractivity contribution in [1.29, 1.82) is 0 Å². The van der Waals surface area contributed by atoms with Crippen LogP contribution in [0.2, 0.25) is 0 Å². The smallest absolute Gasteiger partial charge is 0.185 e. The van der Waals surface area contributed by atoms with Crippen molar-refractivity contribution in [2.45, 2.75) is 90.1 Å². The summed E-state index contributed by atoms with van der Waals surface area (Å²) in [6, 6.07) is 1.31. The van der Waals surface area contributed by atoms with E-state index in [9.17, 15) is 0 Å². The van der Waals surface area contributed by atoms with Gasteiger partial charge in [-0.05, 0) is 39.5 Å². The van der Waals surface area contributed by atoms with Gasteiger partial charge in [0, 0.05) is 16.6 Å². The molecule has 3 heteroatoms. The Hall–Kier alpha value is -0.570. The van der Waals surface area contributed by atoms with Crippen LogP contribution in [0.25, 0.3) is 0 Å². The van der Waals surface area contributed by atoms with Gasteiger partial charge in [0.1, 0.15) is 0 Å². The van der Waals surface area contributed by atoms with E-state index in [4.69, 9.17) is 4.99 Å². The van der Waals surface area contributed by atoms with Crippen molar-refractivity contribution in [2.75, 3.05) is 0 Å². The van der Waals surface area contributed by atoms with Crippen molar-refractivity contribution in [3.05, 3.63) is 15.4 Å². The summed E-state index contributed by atoms with van der Waals surface area (Å²) < 4.78 is 2.59. The Morgan fingerprint density at radius 1 is 0.900 bits per heavy atom. The molecule has 0 aliphatic heterocycles. The molecule has 1 aromatic heterocycles. The minimum absolute atomic E-state index is 0.594. The van der Waals surface area contributed by atoms with Crippen LogP contribution >= 0.6 is 11.3 Å². The first-order valence-electron chi connectivity index (χ1n) is 8.48. The second-order valence-electron chi connectivity index (χ2n) is 6.61. The number of thiazole rings is 1. The lowest BCUT2D eigenvalue weighted by Gasteiger charge is -2.25. The van der Waals surface area contributed by atoms with E-state index in [1.807, 2.05) is 11.3 Å². The maximum atomic E-state index is 5.16. The van der Waals surface area contributed by atoms with Crippen molar-refractivity contribution < 1.29 is 0 Å². The molecule has 2 aliphatic rings. The molecule has 2 nitrogen and oxygen atoms in total. The molecule has 0 spiro atoms. The Bertz CT molecular complexity index is 500. The molecule has 0 radical (unpaired) electrons. The zero-order valence-electron chi connectivity index (χ0n) is 13.0. The maximum absolute atomic E-state index is 5.16. The van der Waals surface area contributed by atoms with Crippen molar-refractivity contribution in [3.63, 3.8) is 0 Å². The molecule has 0 atom stereocenters. The highest BCUT2D eigenvalue weighted by Gasteiger charge is 2.20. The highest BCUT2D eigenvalue weighted by molar-refractivity contribution is 7.09. The van der Waals surface area contributed by atoms with Crippen molar-refractivity contribution in [2.24, 2.45) is 4.99 Å². The summed E-state index contributed by atoms with van der Waals surface area (Å²) in [5, 5.41) is 0. The van der Waals surface area contributed by atoms with Gasteiger partial charge in [0.25, 0.3) is 0 Å². The lowest BCUT2D eigenvalue weighted by atomic mass is 9.95. The van der Waals surface area contributed by atoms with Gasteiger partial charge >= 0.3 is 0 Å². The van der Waals surface area contributed by atoms with Crippen LogP contribution in [0.4, 0.5) is 0 Å². The standard InChI is InChI=1S/C17H28N2S/c1-13-14(2)20-17(18-15-9-5-3-6-10-15)19(13)16-11-7-4-8-12-16/h15-16H,3-12H2,1-2H3. The van der Waals surface area contributed by atoms with Gasteiger partial charge < -0.3 is 4.57 Å². The number of hydrogen-bond acceptors (Lipinski definition) is 2. The van der Waals surface area contributed by atoms with Crippen LogP contribution in [0.5, 0.6) is 0 Å². The van der Waals surface area contributed by atoms with Crippen LogP contribution in [0.3, 0.4) is 0 Å². The summed E-state index contributed by atoms with van der Waals surface area (Å²) >= 11 is 1.92. The molecule has 20 heavy (non-hydrogen) atoms. The van der Waals surface area contributed by atoms with Gasteiger partial charge in [-0.2, -0.15) is 0 Å². The number of rotatable bonds is 2. The number of hydrogen-bond donors (Lipinski definition) is 0. The summed E-state index contributed by atoms with van der Waals surface area (Å²) in [5.74, 6) is 0. The Balaban J connectivity index is 1.92. The van der Waals surface area contributed by atoms with Crippen LogP contribution in [0.1, 0.15) is 80.8 Å². The van der Waals surface area contributed by atoms with Crippen molar-refractivity contribution in [3.8, 4) is 0 Å². The minimum atomic E-state index is 0.594. The van der Waals surface area contributed by atoms with E-state index in [2.05, 4.69) is 18.4 Å². The number of aromatic nitrogens is 1. The van der Waals surface area contributed by atoms with Gasteiger partial charge in [0.05, 0.1) is 6.04 Å². The average Bonchev–Trinajstić information content (AvgIpc) is 2.76. The van der Waals surface area contributed by atoms with Crippen molar-refractivity contribution >= 4 is 11.3 Å². The third-order valence-electron chi connectivity index (χ3n) is 5.13. The van der Waals surface area contributed by atoms with Gasteiger partial charge in [0.2, 0.25) is 0 Å². The summed E-state index contributed by atoms with van der Waals surface area (Å²) in [5.41, 5.74) is 1.47. The van der Waals surface area contributed by atoms with E-state index in [0.29, 0.717) is 6.04 Å². The number of aryl methyl sites for hydroxylation is 1. The maximum Gasteiger partial charge on any atom is 0.185 e. The monoisotopic (exact) mass is 292 g/mol. The second-order valence-corrected chi connectivity index (χ2v) is 7.79. The first kappa shape index (κ1) is 14.4. The van der Waals surface area contributed by atoms with E-state index in [1.165, 1.54) is 79.6 Å². The fourth-order valence-corrected chi connectivity index (χ4v) is 4.90. The quantitative estimate of drug-likeness (QED) is 0.737. The van der Waals surface area contributed by atoms with Crippen LogP contribution < -0.4 is 4.80 Å². The molecule has 0 bridgehead atoms. The Labute approximate surface area is 126 Å². The highest BCUT2D eigenvalue weighted by Crippen LogP contribution is 2.30. The van der Waals surface area contributed by atoms with Crippen LogP contribution in [-0.4, -0.2) is 10.6 Å². The van der Waals surface area contributed by atoms with Gasteiger partial charge in [-0.25, -0.2) is 0 Å². The summed E-state index contributed by atoms with van der Waals surface area (Å²) in [6.45, 7) is 4.56. The lowest BCUT2D eigenvalue weighted by molar-refractivity contribution is 0.339. The van der Waals surface area contributed by atoms with E-state index in [-0.39, 0.29) is 0 Å². The first-order valence-corrected chi connectivity index (χ1v) is 9.29. The largest absolute Gasteiger partial charge is 0.318 e. The molecule has 2 aliphatic carbocycles. The lowest BCUT2D eigenvalue weighted by Crippen LogP contribution is -2.26. The Morgan fingerprint density at radius 3 is 2.15 bits per heavy atom. The summed E-state index contributed by atoms with van der Waals surface area (Å²) in [6.07, 6.45) is 13.7. The predicted molar refractivity (Wildman–Crippen MR) is 86.3 cm³/mol. The van der Waals surface area contributed by atoms with Gasteiger partial charge in [0.15, 0.2) is 4.80 Å². The zero-order valence-corrected chi connectivity index (χ0v) is 13.8. The molecule has 0 N–H and O–H groups in total. The molecule has 2 saturated carbocycles. The van der Waals surface area contributed by atoms with E-state index >= 15 is 0 Å². The fourth-order valence-electron chi connectivity index (χ4n) is 3.80. The van der Waals surface area contributed by atoms with E-state index in [0.717, 1.165) is 6.04 Å². The predicted octanol–water partition coefficient (Wildman–Crippen LogP) is 4.91. The van der Waals surface area contributed by atoms with Crippen molar-refractivity contribution in [1.82, 2.24) is 4.57 Å². The molecule has 0 unspecified atom stereocenters. The topological polar surface area (TPSA) is 17.3 Å². The molecule has 1 heterocycles.